The molecule has 1 fully saturated rings. The molecule has 1 heterocycles. The smallest absolute Gasteiger partial charge is 0.246 e. The normalized spacial score (nSPS) is 16.1. The maximum Gasteiger partial charge on any atom is 0.246 e. The van der Waals surface area contributed by atoms with Crippen LogP contribution in [0.25, 0.3) is 0 Å². The predicted molar refractivity (Wildman–Crippen MR) is 78.2 cm³/mol. The van der Waals surface area contributed by atoms with Crippen LogP contribution >= 0.6 is 0 Å². The molecule has 0 aliphatic heterocycles. The van der Waals surface area contributed by atoms with Crippen molar-refractivity contribution < 1.29 is 8.42 Å². The zero-order valence-electron chi connectivity index (χ0n) is 12.7. The van der Waals surface area contributed by atoms with E-state index in [1.165, 1.54) is 4.31 Å². The van der Waals surface area contributed by atoms with E-state index in [4.69, 9.17) is 0 Å². The zero-order chi connectivity index (χ0) is 14.9. The Balaban J connectivity index is 2.28. The number of sulfonamides is 1. The van der Waals surface area contributed by atoms with Crippen LogP contribution in [0.5, 0.6) is 0 Å². The van der Waals surface area contributed by atoms with Crippen LogP contribution in [0.3, 0.4) is 0 Å². The van der Waals surface area contributed by atoms with Crippen LogP contribution in [0.1, 0.15) is 24.2 Å². The highest BCUT2D eigenvalue weighted by molar-refractivity contribution is 7.89. The Morgan fingerprint density at radius 1 is 1.40 bits per heavy atom. The number of nitrogens with zero attached hydrogens (tertiary/aromatic N) is 3. The van der Waals surface area contributed by atoms with Crippen molar-refractivity contribution in [1.82, 2.24) is 19.4 Å². The molecule has 1 N–H and O–H groups in total. The molecule has 0 saturated heterocycles. The minimum atomic E-state index is -3.43. The van der Waals surface area contributed by atoms with E-state index in [1.807, 2.05) is 14.0 Å². The maximum absolute atomic E-state index is 12.7. The molecule has 0 radical (unpaired) electrons. The van der Waals surface area contributed by atoms with Crippen LogP contribution in [-0.2, 0) is 16.6 Å². The summed E-state index contributed by atoms with van der Waals surface area (Å²) in [6, 6.07) is 0. The second-order valence-electron chi connectivity index (χ2n) is 5.56. The molecule has 0 unspecified atom stereocenters. The molecule has 0 aromatic carbocycles. The van der Waals surface area contributed by atoms with Crippen LogP contribution < -0.4 is 5.32 Å². The highest BCUT2D eigenvalue weighted by Gasteiger charge is 2.32. The molecule has 1 aromatic rings. The molecule has 0 spiro atoms. The van der Waals surface area contributed by atoms with E-state index in [0.29, 0.717) is 29.6 Å². The molecule has 1 aliphatic rings. The molecule has 114 valence electrons. The Hall–Kier alpha value is -0.920. The summed E-state index contributed by atoms with van der Waals surface area (Å²) in [4.78, 5) is 0.372. The summed E-state index contributed by atoms with van der Waals surface area (Å²) in [7, 11) is 0.102. The SMILES string of the molecule is CNCCn1nc(C)c(S(=O)(=O)N(C)CC2CC2)c1C. The Morgan fingerprint density at radius 2 is 2.05 bits per heavy atom. The van der Waals surface area contributed by atoms with Crippen LogP contribution in [0, 0.1) is 19.8 Å². The Kier molecular flexibility index (Phi) is 4.51. The summed E-state index contributed by atoms with van der Waals surface area (Å²) in [5, 5.41) is 7.41. The van der Waals surface area contributed by atoms with Crippen molar-refractivity contribution in [2.24, 2.45) is 5.92 Å². The van der Waals surface area contributed by atoms with Gasteiger partial charge in [-0.15, -0.1) is 0 Å². The van der Waals surface area contributed by atoms with Gasteiger partial charge >= 0.3 is 0 Å². The molecule has 0 atom stereocenters. The Morgan fingerprint density at radius 3 is 2.60 bits per heavy atom. The summed E-state index contributed by atoms with van der Waals surface area (Å²) in [6.07, 6.45) is 2.28. The van der Waals surface area contributed by atoms with Gasteiger partial charge in [0.05, 0.1) is 17.9 Å². The second-order valence-corrected chi connectivity index (χ2v) is 7.54. The first-order chi connectivity index (χ1) is 9.37. The van der Waals surface area contributed by atoms with Crippen LogP contribution in [0.2, 0.25) is 0 Å². The van der Waals surface area contributed by atoms with E-state index >= 15 is 0 Å². The third kappa shape index (κ3) is 3.05. The summed E-state index contributed by atoms with van der Waals surface area (Å²) >= 11 is 0. The van der Waals surface area contributed by atoms with Gasteiger partial charge in [-0.25, -0.2) is 12.7 Å². The van der Waals surface area contributed by atoms with Crippen molar-refractivity contribution in [3.8, 4) is 0 Å². The summed E-state index contributed by atoms with van der Waals surface area (Å²) in [5.41, 5.74) is 1.31. The summed E-state index contributed by atoms with van der Waals surface area (Å²) in [5.74, 6) is 0.537. The van der Waals surface area contributed by atoms with E-state index in [1.54, 1.807) is 18.7 Å². The van der Waals surface area contributed by atoms with E-state index in [-0.39, 0.29) is 0 Å². The lowest BCUT2D eigenvalue weighted by molar-refractivity contribution is 0.452. The lowest BCUT2D eigenvalue weighted by atomic mass is 10.4. The molecule has 1 aliphatic carbocycles. The van der Waals surface area contributed by atoms with Gasteiger partial charge < -0.3 is 5.32 Å². The minimum Gasteiger partial charge on any atom is -0.318 e. The highest BCUT2D eigenvalue weighted by atomic mass is 32.2. The molecule has 0 bridgehead atoms. The van der Waals surface area contributed by atoms with Gasteiger partial charge in [0.15, 0.2) is 0 Å². The topological polar surface area (TPSA) is 67.2 Å². The summed E-state index contributed by atoms with van der Waals surface area (Å²) in [6.45, 7) is 5.64. The fourth-order valence-electron chi connectivity index (χ4n) is 2.41. The number of likely N-dealkylation sites (N-methyl/N-ethyl adjacent to an activating group) is 1. The van der Waals surface area contributed by atoms with Gasteiger partial charge in [-0.3, -0.25) is 4.68 Å². The number of aryl methyl sites for hydroxylation is 1. The molecule has 1 aromatic heterocycles. The van der Waals surface area contributed by atoms with E-state index < -0.39 is 10.0 Å². The average Bonchev–Trinajstić information content (AvgIpc) is 3.12. The molecule has 1 saturated carbocycles. The number of hydrogen-bond donors (Lipinski definition) is 1. The van der Waals surface area contributed by atoms with Gasteiger partial charge in [-0.2, -0.15) is 5.10 Å². The monoisotopic (exact) mass is 300 g/mol. The number of rotatable bonds is 7. The standard InChI is InChI=1S/C13H24N4O2S/c1-10-13(11(2)17(15-10)8-7-14-3)20(18,19)16(4)9-12-5-6-12/h12,14H,5-9H2,1-4H3. The van der Waals surface area contributed by atoms with Gasteiger partial charge in [0.25, 0.3) is 0 Å². The lowest BCUT2D eigenvalue weighted by Gasteiger charge is -2.17. The predicted octanol–water partition coefficient (Wildman–Crippen LogP) is 0.750. The molecule has 20 heavy (non-hydrogen) atoms. The van der Waals surface area contributed by atoms with Crippen LogP contribution in [0.4, 0.5) is 0 Å². The van der Waals surface area contributed by atoms with Crippen molar-refractivity contribution in [2.75, 3.05) is 27.2 Å². The van der Waals surface area contributed by atoms with Crippen molar-refractivity contribution in [3.05, 3.63) is 11.4 Å². The fourth-order valence-corrected chi connectivity index (χ4v) is 4.02. The van der Waals surface area contributed by atoms with Gasteiger partial charge in [0, 0.05) is 20.1 Å². The largest absolute Gasteiger partial charge is 0.318 e. The van der Waals surface area contributed by atoms with Crippen LogP contribution in [0.15, 0.2) is 4.90 Å². The van der Waals surface area contributed by atoms with Crippen LogP contribution in [-0.4, -0.2) is 49.7 Å². The second kappa shape index (κ2) is 5.83. The third-order valence-electron chi connectivity index (χ3n) is 3.77. The van der Waals surface area contributed by atoms with E-state index in [9.17, 15) is 8.42 Å². The fraction of sp³-hybridized carbons (Fsp3) is 0.769. The number of nitrogens with one attached hydrogen (secondary N) is 1. The van der Waals surface area contributed by atoms with Gasteiger partial charge in [-0.1, -0.05) is 0 Å². The number of aromatic nitrogens is 2. The number of hydrogen-bond acceptors (Lipinski definition) is 4. The lowest BCUT2D eigenvalue weighted by Crippen LogP contribution is -2.29. The molecule has 7 heteroatoms. The first-order valence-corrected chi connectivity index (χ1v) is 8.47. The molecule has 2 rings (SSSR count). The van der Waals surface area contributed by atoms with Crippen molar-refractivity contribution >= 4 is 10.0 Å². The Labute approximate surface area is 121 Å². The summed E-state index contributed by atoms with van der Waals surface area (Å²) < 4.78 is 28.6. The maximum atomic E-state index is 12.7. The van der Waals surface area contributed by atoms with Gasteiger partial charge in [-0.05, 0) is 39.7 Å². The molecule has 6 nitrogen and oxygen atoms in total. The van der Waals surface area contributed by atoms with Gasteiger partial charge in [0.2, 0.25) is 10.0 Å². The van der Waals surface area contributed by atoms with Crippen molar-refractivity contribution in [3.63, 3.8) is 0 Å². The Bertz CT molecular complexity index is 575. The van der Waals surface area contributed by atoms with Crippen molar-refractivity contribution in [1.29, 1.82) is 0 Å². The minimum absolute atomic E-state index is 0.372. The quantitative estimate of drug-likeness (QED) is 0.807. The first kappa shape index (κ1) is 15.5. The van der Waals surface area contributed by atoms with Crippen molar-refractivity contribution in [2.45, 2.75) is 38.1 Å². The first-order valence-electron chi connectivity index (χ1n) is 7.03. The van der Waals surface area contributed by atoms with E-state index in [0.717, 1.165) is 25.1 Å². The molecular weight excluding hydrogens is 276 g/mol. The highest BCUT2D eigenvalue weighted by Crippen LogP contribution is 2.32. The third-order valence-corrected chi connectivity index (χ3v) is 5.85. The molecular formula is C13H24N4O2S. The van der Waals surface area contributed by atoms with Gasteiger partial charge in [0.1, 0.15) is 4.90 Å². The average molecular weight is 300 g/mol. The molecule has 0 amide bonds. The zero-order valence-corrected chi connectivity index (χ0v) is 13.5. The van der Waals surface area contributed by atoms with E-state index in [2.05, 4.69) is 10.4 Å².